The van der Waals surface area contributed by atoms with E-state index >= 15 is 0 Å². The first kappa shape index (κ1) is 9.71. The Kier molecular flexibility index (Phi) is 2.68. The number of hydrogen-bond acceptors (Lipinski definition) is 1. The van der Waals surface area contributed by atoms with Crippen LogP contribution in [-0.4, -0.2) is 10.9 Å². The molecule has 0 aliphatic rings. The summed E-state index contributed by atoms with van der Waals surface area (Å²) >= 11 is 0. The first-order valence-electron chi connectivity index (χ1n) is 5.01. The number of carbonyl (C=O) groups is 1. The van der Waals surface area contributed by atoms with E-state index in [2.05, 4.69) is 10.6 Å². The standard InChI is InChI=1S/C13H13NO/c1-2-3-8-14-9-11(10-15)12-6-4-5-7-13(12)14/h2-7,9-10H,8H2,1H3. The van der Waals surface area contributed by atoms with E-state index in [9.17, 15) is 4.79 Å². The van der Waals surface area contributed by atoms with E-state index < -0.39 is 0 Å². The Balaban J connectivity index is 2.59. The van der Waals surface area contributed by atoms with Gasteiger partial charge in [0, 0.05) is 29.2 Å². The van der Waals surface area contributed by atoms with Gasteiger partial charge in [-0.1, -0.05) is 30.4 Å². The minimum Gasteiger partial charge on any atom is -0.343 e. The summed E-state index contributed by atoms with van der Waals surface area (Å²) in [5, 5.41) is 1.03. The lowest BCUT2D eigenvalue weighted by molar-refractivity contribution is 0.112. The molecule has 2 aromatic rings. The summed E-state index contributed by atoms with van der Waals surface area (Å²) in [5.41, 5.74) is 1.87. The molecular formula is C13H13NO. The van der Waals surface area contributed by atoms with E-state index in [0.717, 1.165) is 29.3 Å². The maximum absolute atomic E-state index is 10.9. The number of aldehydes is 1. The van der Waals surface area contributed by atoms with Gasteiger partial charge in [-0.05, 0) is 13.0 Å². The Bertz CT molecular complexity index is 508. The summed E-state index contributed by atoms with van der Waals surface area (Å²) in [4.78, 5) is 10.9. The van der Waals surface area contributed by atoms with E-state index in [-0.39, 0.29) is 0 Å². The molecule has 1 aromatic carbocycles. The molecule has 0 atom stereocenters. The molecule has 0 aliphatic heterocycles. The smallest absolute Gasteiger partial charge is 0.152 e. The lowest BCUT2D eigenvalue weighted by atomic mass is 10.2. The molecule has 0 saturated carbocycles. The van der Waals surface area contributed by atoms with Crippen molar-refractivity contribution in [2.75, 3.05) is 0 Å². The van der Waals surface area contributed by atoms with Gasteiger partial charge in [-0.2, -0.15) is 0 Å². The highest BCUT2D eigenvalue weighted by atomic mass is 16.1. The SMILES string of the molecule is CC=CCn1cc(C=O)c2ccccc21. The van der Waals surface area contributed by atoms with Crippen molar-refractivity contribution in [2.45, 2.75) is 13.5 Å². The fourth-order valence-corrected chi connectivity index (χ4v) is 1.74. The number of allylic oxidation sites excluding steroid dienone is 2. The van der Waals surface area contributed by atoms with E-state index in [0.29, 0.717) is 0 Å². The van der Waals surface area contributed by atoms with Crippen LogP contribution in [0.25, 0.3) is 10.9 Å². The van der Waals surface area contributed by atoms with Gasteiger partial charge >= 0.3 is 0 Å². The molecule has 1 aromatic heterocycles. The molecule has 0 aliphatic carbocycles. The lowest BCUT2D eigenvalue weighted by Gasteiger charge is -1.99. The number of nitrogens with zero attached hydrogens (tertiary/aromatic N) is 1. The van der Waals surface area contributed by atoms with Crippen molar-refractivity contribution in [3.8, 4) is 0 Å². The Labute approximate surface area is 88.8 Å². The molecule has 0 fully saturated rings. The van der Waals surface area contributed by atoms with Gasteiger partial charge in [0.2, 0.25) is 0 Å². The third-order valence-corrected chi connectivity index (χ3v) is 2.48. The number of rotatable bonds is 3. The number of carbonyl (C=O) groups excluding carboxylic acids is 1. The molecule has 2 heteroatoms. The summed E-state index contributed by atoms with van der Waals surface area (Å²) < 4.78 is 2.08. The zero-order chi connectivity index (χ0) is 10.7. The third kappa shape index (κ3) is 1.71. The van der Waals surface area contributed by atoms with Gasteiger partial charge in [-0.3, -0.25) is 4.79 Å². The number of para-hydroxylation sites is 1. The second kappa shape index (κ2) is 4.13. The molecule has 2 nitrogen and oxygen atoms in total. The van der Waals surface area contributed by atoms with Crippen LogP contribution in [0.15, 0.2) is 42.6 Å². The van der Waals surface area contributed by atoms with E-state index in [4.69, 9.17) is 0 Å². The van der Waals surface area contributed by atoms with Crippen LogP contribution in [0, 0.1) is 0 Å². The average molecular weight is 199 g/mol. The zero-order valence-electron chi connectivity index (χ0n) is 8.68. The van der Waals surface area contributed by atoms with Crippen molar-refractivity contribution < 1.29 is 4.79 Å². The highest BCUT2D eigenvalue weighted by molar-refractivity contribution is 5.97. The predicted molar refractivity (Wildman–Crippen MR) is 62.1 cm³/mol. The number of hydrogen-bond donors (Lipinski definition) is 0. The molecule has 0 radical (unpaired) electrons. The van der Waals surface area contributed by atoms with E-state index in [1.165, 1.54) is 0 Å². The minimum atomic E-state index is 0.759. The molecule has 1 heterocycles. The highest BCUT2D eigenvalue weighted by Gasteiger charge is 2.05. The van der Waals surface area contributed by atoms with Crippen LogP contribution in [-0.2, 0) is 6.54 Å². The zero-order valence-corrected chi connectivity index (χ0v) is 8.68. The second-order valence-corrected chi connectivity index (χ2v) is 3.44. The monoisotopic (exact) mass is 199 g/mol. The van der Waals surface area contributed by atoms with Crippen LogP contribution in [0.5, 0.6) is 0 Å². The molecule has 0 amide bonds. The van der Waals surface area contributed by atoms with Crippen molar-refractivity contribution in [1.82, 2.24) is 4.57 Å². The fourth-order valence-electron chi connectivity index (χ4n) is 1.74. The summed E-state index contributed by atoms with van der Waals surface area (Å²) in [6.45, 7) is 2.80. The van der Waals surface area contributed by atoms with Crippen LogP contribution in [0.1, 0.15) is 17.3 Å². The van der Waals surface area contributed by atoms with Crippen LogP contribution >= 0.6 is 0 Å². The van der Waals surface area contributed by atoms with Crippen molar-refractivity contribution >= 4 is 17.2 Å². The average Bonchev–Trinajstić information content (AvgIpc) is 2.65. The van der Waals surface area contributed by atoms with E-state index in [1.54, 1.807) is 0 Å². The van der Waals surface area contributed by atoms with Gasteiger partial charge in [-0.25, -0.2) is 0 Å². The summed E-state index contributed by atoms with van der Waals surface area (Å²) in [5.74, 6) is 0. The first-order chi connectivity index (χ1) is 7.36. The molecule has 0 N–H and O–H groups in total. The second-order valence-electron chi connectivity index (χ2n) is 3.44. The molecule has 76 valence electrons. The highest BCUT2D eigenvalue weighted by Crippen LogP contribution is 2.19. The Morgan fingerprint density at radius 1 is 1.33 bits per heavy atom. The van der Waals surface area contributed by atoms with Crippen LogP contribution in [0.2, 0.25) is 0 Å². The molecule has 0 saturated heterocycles. The molecule has 2 rings (SSSR count). The van der Waals surface area contributed by atoms with Crippen LogP contribution in [0.4, 0.5) is 0 Å². The van der Waals surface area contributed by atoms with Gasteiger partial charge in [0.05, 0.1) is 0 Å². The Morgan fingerprint density at radius 3 is 2.87 bits per heavy atom. The normalized spacial score (nSPS) is 11.3. The first-order valence-corrected chi connectivity index (χ1v) is 5.01. The topological polar surface area (TPSA) is 22.0 Å². The summed E-state index contributed by atoms with van der Waals surface area (Å²) in [7, 11) is 0. The lowest BCUT2D eigenvalue weighted by Crippen LogP contribution is -1.91. The predicted octanol–water partition coefficient (Wildman–Crippen LogP) is 3.03. The largest absolute Gasteiger partial charge is 0.343 e. The quantitative estimate of drug-likeness (QED) is 0.550. The van der Waals surface area contributed by atoms with Gasteiger partial charge in [-0.15, -0.1) is 0 Å². The minimum absolute atomic E-state index is 0.759. The van der Waals surface area contributed by atoms with Crippen molar-refractivity contribution in [3.63, 3.8) is 0 Å². The van der Waals surface area contributed by atoms with Crippen LogP contribution in [0.3, 0.4) is 0 Å². The number of fused-ring (bicyclic) bond motifs is 1. The maximum atomic E-state index is 10.9. The molecule has 15 heavy (non-hydrogen) atoms. The van der Waals surface area contributed by atoms with Gasteiger partial charge in [0.1, 0.15) is 0 Å². The Morgan fingerprint density at radius 2 is 2.13 bits per heavy atom. The van der Waals surface area contributed by atoms with Gasteiger partial charge in [0.25, 0.3) is 0 Å². The van der Waals surface area contributed by atoms with Crippen molar-refractivity contribution in [1.29, 1.82) is 0 Å². The van der Waals surface area contributed by atoms with Gasteiger partial charge in [0.15, 0.2) is 6.29 Å². The number of benzene rings is 1. The third-order valence-electron chi connectivity index (χ3n) is 2.48. The maximum Gasteiger partial charge on any atom is 0.152 e. The number of aromatic nitrogens is 1. The summed E-state index contributed by atoms with van der Waals surface area (Å²) in [6, 6.07) is 7.95. The van der Waals surface area contributed by atoms with Crippen molar-refractivity contribution in [3.05, 3.63) is 48.2 Å². The molecule has 0 spiro atoms. The fraction of sp³-hybridized carbons (Fsp3) is 0.154. The van der Waals surface area contributed by atoms with Crippen LogP contribution < -0.4 is 0 Å². The molecular weight excluding hydrogens is 186 g/mol. The summed E-state index contributed by atoms with van der Waals surface area (Å²) in [6.07, 6.45) is 6.89. The van der Waals surface area contributed by atoms with Gasteiger partial charge < -0.3 is 4.57 Å². The van der Waals surface area contributed by atoms with Crippen molar-refractivity contribution in [2.24, 2.45) is 0 Å². The molecule has 0 bridgehead atoms. The van der Waals surface area contributed by atoms with E-state index in [1.807, 2.05) is 43.5 Å². The Hall–Kier alpha value is -1.83. The molecule has 0 unspecified atom stereocenters.